The van der Waals surface area contributed by atoms with E-state index in [4.69, 9.17) is 0 Å². The summed E-state index contributed by atoms with van der Waals surface area (Å²) in [5, 5.41) is 2.95. The third kappa shape index (κ3) is 2.23. The molecule has 2 atom stereocenters. The summed E-state index contributed by atoms with van der Waals surface area (Å²) in [6.45, 7) is 7.68. The molecule has 2 fully saturated rings. The van der Waals surface area contributed by atoms with Gasteiger partial charge in [-0.25, -0.2) is 0 Å². The van der Waals surface area contributed by atoms with Gasteiger partial charge in [0.15, 0.2) is 0 Å². The largest absolute Gasteiger partial charge is 0.340 e. The van der Waals surface area contributed by atoms with Crippen LogP contribution in [0.5, 0.6) is 0 Å². The van der Waals surface area contributed by atoms with E-state index in [-0.39, 0.29) is 17.7 Å². The lowest BCUT2D eigenvalue weighted by Gasteiger charge is -2.43. The molecular weight excluding hydrogens is 264 g/mol. The smallest absolute Gasteiger partial charge is 0.253 e. The maximum Gasteiger partial charge on any atom is 0.253 e. The van der Waals surface area contributed by atoms with Gasteiger partial charge in [0.2, 0.25) is 5.91 Å². The average molecular weight is 286 g/mol. The van der Waals surface area contributed by atoms with Crippen molar-refractivity contribution in [3.05, 3.63) is 29.3 Å². The SMILES string of the molecule is Cc1cc(C)cc(N2C(=O)C(C)(C3CC3)NC(=O)C2C)c1. The van der Waals surface area contributed by atoms with E-state index in [2.05, 4.69) is 11.4 Å². The number of aryl methyl sites for hydroxylation is 2. The van der Waals surface area contributed by atoms with Crippen molar-refractivity contribution >= 4 is 17.5 Å². The van der Waals surface area contributed by atoms with Gasteiger partial charge in [0.25, 0.3) is 5.91 Å². The van der Waals surface area contributed by atoms with Crippen LogP contribution < -0.4 is 10.2 Å². The van der Waals surface area contributed by atoms with Crippen LogP contribution >= 0.6 is 0 Å². The lowest BCUT2D eigenvalue weighted by atomic mass is 9.89. The van der Waals surface area contributed by atoms with Gasteiger partial charge in [-0.15, -0.1) is 0 Å². The summed E-state index contributed by atoms with van der Waals surface area (Å²) in [6, 6.07) is 5.56. The molecule has 1 aliphatic carbocycles. The van der Waals surface area contributed by atoms with Crippen molar-refractivity contribution in [2.45, 2.75) is 52.1 Å². The Morgan fingerprint density at radius 2 is 1.71 bits per heavy atom. The first-order valence-electron chi connectivity index (χ1n) is 7.57. The van der Waals surface area contributed by atoms with Crippen LogP contribution in [0.15, 0.2) is 18.2 Å². The Balaban J connectivity index is 2.05. The molecule has 2 unspecified atom stereocenters. The highest BCUT2D eigenvalue weighted by Crippen LogP contribution is 2.43. The van der Waals surface area contributed by atoms with Crippen LogP contribution in [0.3, 0.4) is 0 Å². The van der Waals surface area contributed by atoms with E-state index in [1.54, 1.807) is 11.8 Å². The van der Waals surface area contributed by atoms with E-state index >= 15 is 0 Å². The Morgan fingerprint density at radius 1 is 1.14 bits per heavy atom. The summed E-state index contributed by atoms with van der Waals surface area (Å²) < 4.78 is 0. The molecule has 1 heterocycles. The van der Waals surface area contributed by atoms with E-state index in [9.17, 15) is 9.59 Å². The van der Waals surface area contributed by atoms with Crippen molar-refractivity contribution in [1.29, 1.82) is 0 Å². The molecule has 1 N–H and O–H groups in total. The second kappa shape index (κ2) is 4.58. The molecule has 0 radical (unpaired) electrons. The molecule has 0 spiro atoms. The van der Waals surface area contributed by atoms with E-state index in [0.717, 1.165) is 29.7 Å². The van der Waals surface area contributed by atoms with E-state index < -0.39 is 11.6 Å². The molecule has 2 aliphatic rings. The fraction of sp³-hybridized carbons (Fsp3) is 0.529. The topological polar surface area (TPSA) is 49.4 Å². The average Bonchev–Trinajstić information content (AvgIpc) is 3.20. The number of nitrogens with one attached hydrogen (secondary N) is 1. The van der Waals surface area contributed by atoms with Crippen molar-refractivity contribution in [3.8, 4) is 0 Å². The van der Waals surface area contributed by atoms with Crippen molar-refractivity contribution in [1.82, 2.24) is 5.32 Å². The lowest BCUT2D eigenvalue weighted by molar-refractivity contribution is -0.138. The fourth-order valence-corrected chi connectivity index (χ4v) is 3.33. The first-order chi connectivity index (χ1) is 9.83. The second-order valence-corrected chi connectivity index (χ2v) is 6.66. The van der Waals surface area contributed by atoms with E-state index in [1.807, 2.05) is 32.9 Å². The highest BCUT2D eigenvalue weighted by Gasteiger charge is 2.54. The van der Waals surface area contributed by atoms with E-state index in [1.165, 1.54) is 0 Å². The number of anilines is 1. The zero-order chi connectivity index (χ0) is 15.4. The molecule has 1 aliphatic heterocycles. The van der Waals surface area contributed by atoms with Gasteiger partial charge in [-0.05, 0) is 69.7 Å². The highest BCUT2D eigenvalue weighted by molar-refractivity contribution is 6.10. The normalized spacial score (nSPS) is 29.5. The highest BCUT2D eigenvalue weighted by atomic mass is 16.2. The molecule has 4 nitrogen and oxygen atoms in total. The molecule has 1 saturated carbocycles. The number of carbonyl (C=O) groups excluding carboxylic acids is 2. The first kappa shape index (κ1) is 14.1. The second-order valence-electron chi connectivity index (χ2n) is 6.66. The van der Waals surface area contributed by atoms with Crippen LogP contribution in [0, 0.1) is 19.8 Å². The Kier molecular flexibility index (Phi) is 3.08. The number of carbonyl (C=O) groups is 2. The zero-order valence-corrected chi connectivity index (χ0v) is 13.1. The molecule has 1 saturated heterocycles. The van der Waals surface area contributed by atoms with Crippen LogP contribution in [-0.4, -0.2) is 23.4 Å². The van der Waals surface area contributed by atoms with Crippen LogP contribution in [0.4, 0.5) is 5.69 Å². The van der Waals surface area contributed by atoms with Gasteiger partial charge in [0.05, 0.1) is 0 Å². The minimum Gasteiger partial charge on any atom is -0.340 e. The zero-order valence-electron chi connectivity index (χ0n) is 13.1. The summed E-state index contributed by atoms with van der Waals surface area (Å²) in [5.41, 5.74) is 2.28. The van der Waals surface area contributed by atoms with Gasteiger partial charge in [-0.2, -0.15) is 0 Å². The minimum atomic E-state index is -0.749. The van der Waals surface area contributed by atoms with Gasteiger partial charge in [-0.1, -0.05) is 6.07 Å². The molecule has 4 heteroatoms. The number of benzene rings is 1. The third-order valence-corrected chi connectivity index (χ3v) is 4.69. The number of hydrogen-bond acceptors (Lipinski definition) is 2. The van der Waals surface area contributed by atoms with Gasteiger partial charge in [0, 0.05) is 5.69 Å². The predicted octanol–water partition coefficient (Wildman–Crippen LogP) is 2.32. The molecule has 2 amide bonds. The van der Waals surface area contributed by atoms with Crippen LogP contribution in [0.1, 0.15) is 37.8 Å². The number of hydrogen-bond donors (Lipinski definition) is 1. The maximum atomic E-state index is 13.0. The van der Waals surface area contributed by atoms with Crippen LogP contribution in [0.2, 0.25) is 0 Å². The Morgan fingerprint density at radius 3 is 2.24 bits per heavy atom. The predicted molar refractivity (Wildman–Crippen MR) is 82.1 cm³/mol. The number of nitrogens with zero attached hydrogens (tertiary/aromatic N) is 1. The molecule has 1 aromatic carbocycles. The number of rotatable bonds is 2. The van der Waals surface area contributed by atoms with Crippen molar-refractivity contribution < 1.29 is 9.59 Å². The number of amides is 2. The molecule has 21 heavy (non-hydrogen) atoms. The summed E-state index contributed by atoms with van der Waals surface area (Å²) >= 11 is 0. The molecular formula is C17H22N2O2. The molecule has 112 valence electrons. The summed E-state index contributed by atoms with van der Waals surface area (Å²) in [7, 11) is 0. The molecule has 0 aromatic heterocycles. The fourth-order valence-electron chi connectivity index (χ4n) is 3.33. The monoisotopic (exact) mass is 286 g/mol. The van der Waals surface area contributed by atoms with Crippen molar-refractivity contribution in [2.24, 2.45) is 5.92 Å². The summed E-state index contributed by atoms with van der Waals surface area (Å²) in [6.07, 6.45) is 2.02. The summed E-state index contributed by atoms with van der Waals surface area (Å²) in [4.78, 5) is 27.0. The van der Waals surface area contributed by atoms with E-state index in [0.29, 0.717) is 0 Å². The Labute approximate surface area is 125 Å². The maximum absolute atomic E-state index is 13.0. The van der Waals surface area contributed by atoms with Gasteiger partial charge in [0.1, 0.15) is 11.6 Å². The van der Waals surface area contributed by atoms with Crippen LogP contribution in [-0.2, 0) is 9.59 Å². The van der Waals surface area contributed by atoms with Crippen molar-refractivity contribution in [2.75, 3.05) is 4.90 Å². The minimum absolute atomic E-state index is 0.0158. The molecule has 0 bridgehead atoms. The third-order valence-electron chi connectivity index (χ3n) is 4.69. The van der Waals surface area contributed by atoms with Gasteiger partial charge >= 0.3 is 0 Å². The quantitative estimate of drug-likeness (QED) is 0.907. The molecule has 3 rings (SSSR count). The summed E-state index contributed by atoms with van der Waals surface area (Å²) in [5.74, 6) is 0.222. The molecule has 1 aromatic rings. The Hall–Kier alpha value is -1.84. The van der Waals surface area contributed by atoms with Gasteiger partial charge < -0.3 is 5.32 Å². The lowest BCUT2D eigenvalue weighted by Crippen LogP contribution is -2.69. The van der Waals surface area contributed by atoms with Crippen LogP contribution in [0.25, 0.3) is 0 Å². The standard InChI is InChI=1S/C17H22N2O2/c1-10-7-11(2)9-14(8-10)19-12(3)15(20)18-17(4,16(19)21)13-5-6-13/h7-9,12-13H,5-6H2,1-4H3,(H,18,20). The van der Waals surface area contributed by atoms with Crippen molar-refractivity contribution in [3.63, 3.8) is 0 Å². The van der Waals surface area contributed by atoms with Gasteiger partial charge in [-0.3, -0.25) is 14.5 Å². The Bertz CT molecular complexity index is 601. The first-order valence-corrected chi connectivity index (χ1v) is 7.57. The number of piperazine rings is 1.